The Morgan fingerprint density at radius 2 is 2.29 bits per heavy atom. The second-order valence-electron chi connectivity index (χ2n) is 6.22. The van der Waals surface area contributed by atoms with Crippen LogP contribution in [0.5, 0.6) is 0 Å². The third-order valence-electron chi connectivity index (χ3n) is 4.56. The Kier molecular flexibility index (Phi) is 3.69. The zero-order valence-electron chi connectivity index (χ0n) is 13.4. The monoisotopic (exact) mass is 327 g/mol. The number of aryl methyl sites for hydroxylation is 1. The van der Waals surface area contributed by atoms with Gasteiger partial charge in [-0.25, -0.2) is 9.37 Å². The minimum absolute atomic E-state index is 0.114. The second kappa shape index (κ2) is 5.87. The van der Waals surface area contributed by atoms with Crippen molar-refractivity contribution in [1.82, 2.24) is 14.0 Å². The van der Waals surface area contributed by atoms with Crippen molar-refractivity contribution in [1.29, 1.82) is 0 Å². The maximum Gasteiger partial charge on any atom is 0.276 e. The number of halogens is 1. The van der Waals surface area contributed by atoms with Gasteiger partial charge < -0.3 is 9.30 Å². The molecule has 1 aliphatic rings. The molecule has 1 atom stereocenters. The van der Waals surface area contributed by atoms with Gasteiger partial charge in [0.2, 0.25) is 0 Å². The molecule has 0 aliphatic carbocycles. The van der Waals surface area contributed by atoms with Crippen LogP contribution in [-0.2, 0) is 11.3 Å². The molecule has 0 spiro atoms. The maximum absolute atomic E-state index is 13.4. The fourth-order valence-corrected chi connectivity index (χ4v) is 3.28. The summed E-state index contributed by atoms with van der Waals surface area (Å²) in [7, 11) is 0. The minimum atomic E-state index is -0.299. The molecule has 1 unspecified atom stereocenters. The molecule has 6 heteroatoms. The van der Waals surface area contributed by atoms with Crippen LogP contribution in [0.4, 0.5) is 4.39 Å². The van der Waals surface area contributed by atoms with Gasteiger partial charge in [-0.3, -0.25) is 9.20 Å². The summed E-state index contributed by atoms with van der Waals surface area (Å²) < 4.78 is 22.3. The molecule has 124 valence electrons. The lowest BCUT2D eigenvalue weighted by atomic mass is 10.1. The summed E-state index contributed by atoms with van der Waals surface area (Å²) in [5, 5.41) is 0. The summed E-state index contributed by atoms with van der Waals surface area (Å²) in [6.07, 6.45) is 4.47. The van der Waals surface area contributed by atoms with E-state index in [9.17, 15) is 9.18 Å². The van der Waals surface area contributed by atoms with Gasteiger partial charge in [0, 0.05) is 24.4 Å². The van der Waals surface area contributed by atoms with E-state index >= 15 is 0 Å². The number of aromatic nitrogens is 3. The van der Waals surface area contributed by atoms with Gasteiger partial charge in [0.15, 0.2) is 0 Å². The van der Waals surface area contributed by atoms with Crippen LogP contribution in [0.3, 0.4) is 0 Å². The summed E-state index contributed by atoms with van der Waals surface area (Å²) >= 11 is 0. The zero-order chi connectivity index (χ0) is 16.7. The first-order valence-electron chi connectivity index (χ1n) is 8.03. The molecule has 5 nitrogen and oxygen atoms in total. The largest absolute Gasteiger partial charge is 0.381 e. The molecule has 3 heterocycles. The lowest BCUT2D eigenvalue weighted by Gasteiger charge is -2.13. The van der Waals surface area contributed by atoms with Crippen molar-refractivity contribution in [3.8, 4) is 0 Å². The normalized spacial score (nSPS) is 17.7. The zero-order valence-corrected chi connectivity index (χ0v) is 13.4. The van der Waals surface area contributed by atoms with Crippen molar-refractivity contribution in [3.63, 3.8) is 0 Å². The Morgan fingerprint density at radius 1 is 1.42 bits per heavy atom. The van der Waals surface area contributed by atoms with Crippen molar-refractivity contribution in [3.05, 3.63) is 69.9 Å². The summed E-state index contributed by atoms with van der Waals surface area (Å²) in [6.45, 7) is 3.60. The van der Waals surface area contributed by atoms with E-state index in [1.54, 1.807) is 16.8 Å². The van der Waals surface area contributed by atoms with Gasteiger partial charge >= 0.3 is 0 Å². The lowest BCUT2D eigenvalue weighted by molar-refractivity contribution is 0.193. The predicted molar refractivity (Wildman–Crippen MR) is 87.9 cm³/mol. The Balaban J connectivity index is 1.79. The van der Waals surface area contributed by atoms with Crippen LogP contribution in [-0.4, -0.2) is 27.2 Å². The Labute approximate surface area is 138 Å². The SMILES string of the molecule is Cc1cn2c(C3CCOC3)ncc2c(=O)n1Cc1cccc(F)c1. The second-order valence-corrected chi connectivity index (χ2v) is 6.22. The molecule has 3 aromatic rings. The summed E-state index contributed by atoms with van der Waals surface area (Å²) in [5.41, 5.74) is 2.00. The predicted octanol–water partition coefficient (Wildman–Crippen LogP) is 2.50. The van der Waals surface area contributed by atoms with Crippen LogP contribution >= 0.6 is 0 Å². The number of rotatable bonds is 3. The van der Waals surface area contributed by atoms with Crippen LogP contribution in [0, 0.1) is 12.7 Å². The third kappa shape index (κ3) is 2.53. The number of fused-ring (bicyclic) bond motifs is 1. The number of hydrogen-bond acceptors (Lipinski definition) is 3. The average molecular weight is 327 g/mol. The first-order valence-corrected chi connectivity index (χ1v) is 8.03. The Bertz CT molecular complexity index is 955. The van der Waals surface area contributed by atoms with E-state index in [0.717, 1.165) is 30.1 Å². The molecule has 1 aliphatic heterocycles. The fourth-order valence-electron chi connectivity index (χ4n) is 3.28. The van der Waals surface area contributed by atoms with Crippen molar-refractivity contribution in [2.45, 2.75) is 25.8 Å². The smallest absolute Gasteiger partial charge is 0.276 e. The van der Waals surface area contributed by atoms with Crippen molar-refractivity contribution in [2.75, 3.05) is 13.2 Å². The van der Waals surface area contributed by atoms with Gasteiger partial charge in [-0.2, -0.15) is 0 Å². The van der Waals surface area contributed by atoms with Gasteiger partial charge in [-0.1, -0.05) is 12.1 Å². The number of ether oxygens (including phenoxy) is 1. The molecule has 0 saturated carbocycles. The maximum atomic E-state index is 13.4. The van der Waals surface area contributed by atoms with Gasteiger partial charge in [-0.15, -0.1) is 0 Å². The lowest BCUT2D eigenvalue weighted by Crippen LogP contribution is -2.25. The molecule has 24 heavy (non-hydrogen) atoms. The topological polar surface area (TPSA) is 48.5 Å². The van der Waals surface area contributed by atoms with Crippen molar-refractivity contribution in [2.24, 2.45) is 0 Å². The summed E-state index contributed by atoms with van der Waals surface area (Å²) in [4.78, 5) is 17.3. The quantitative estimate of drug-likeness (QED) is 0.743. The van der Waals surface area contributed by atoms with E-state index in [1.807, 2.05) is 23.6 Å². The fraction of sp³-hybridized carbons (Fsp3) is 0.333. The molecule has 0 bridgehead atoms. The van der Waals surface area contributed by atoms with Gasteiger partial charge in [0.25, 0.3) is 5.56 Å². The van der Waals surface area contributed by atoms with E-state index in [4.69, 9.17) is 4.74 Å². The number of nitrogens with zero attached hydrogens (tertiary/aromatic N) is 3. The first-order chi connectivity index (χ1) is 11.6. The highest BCUT2D eigenvalue weighted by atomic mass is 19.1. The van der Waals surface area contributed by atoms with Crippen molar-refractivity contribution < 1.29 is 9.13 Å². The molecular weight excluding hydrogens is 309 g/mol. The Morgan fingerprint density at radius 3 is 3.04 bits per heavy atom. The standard InChI is InChI=1S/C18H18FN3O2/c1-12-9-22-16(8-20-17(22)14-5-6-24-11-14)18(23)21(12)10-13-3-2-4-15(19)7-13/h2-4,7-9,14H,5-6,10-11H2,1H3. The average Bonchev–Trinajstić information content (AvgIpc) is 3.20. The first kappa shape index (κ1) is 15.1. The van der Waals surface area contributed by atoms with Gasteiger partial charge in [-0.05, 0) is 31.0 Å². The van der Waals surface area contributed by atoms with Gasteiger partial charge in [0.1, 0.15) is 17.2 Å². The summed E-state index contributed by atoms with van der Waals surface area (Å²) in [5.74, 6) is 0.804. The number of hydrogen-bond donors (Lipinski definition) is 0. The highest BCUT2D eigenvalue weighted by Gasteiger charge is 2.23. The van der Waals surface area contributed by atoms with Crippen LogP contribution < -0.4 is 5.56 Å². The highest BCUT2D eigenvalue weighted by molar-refractivity contribution is 5.45. The molecule has 0 N–H and O–H groups in total. The molecule has 4 rings (SSSR count). The Hall–Kier alpha value is -2.47. The van der Waals surface area contributed by atoms with E-state index in [0.29, 0.717) is 18.7 Å². The minimum Gasteiger partial charge on any atom is -0.381 e. The van der Waals surface area contributed by atoms with E-state index in [-0.39, 0.29) is 17.3 Å². The molecule has 0 amide bonds. The van der Waals surface area contributed by atoms with Crippen molar-refractivity contribution >= 4 is 5.52 Å². The molecule has 2 aromatic heterocycles. The molecular formula is C18H18FN3O2. The van der Waals surface area contributed by atoms with E-state index in [2.05, 4.69) is 4.98 Å². The summed E-state index contributed by atoms with van der Waals surface area (Å²) in [6, 6.07) is 6.32. The van der Waals surface area contributed by atoms with Crippen LogP contribution in [0.15, 0.2) is 41.5 Å². The van der Waals surface area contributed by atoms with E-state index < -0.39 is 0 Å². The molecule has 0 radical (unpaired) electrons. The number of benzene rings is 1. The van der Waals surface area contributed by atoms with Crippen LogP contribution in [0.25, 0.3) is 5.52 Å². The van der Waals surface area contributed by atoms with Crippen LogP contribution in [0.1, 0.15) is 29.4 Å². The molecule has 1 fully saturated rings. The van der Waals surface area contributed by atoms with Crippen LogP contribution in [0.2, 0.25) is 0 Å². The molecule has 1 saturated heterocycles. The molecule has 1 aromatic carbocycles. The highest BCUT2D eigenvalue weighted by Crippen LogP contribution is 2.24. The van der Waals surface area contributed by atoms with Gasteiger partial charge in [0.05, 0.1) is 19.3 Å². The number of imidazole rings is 1. The third-order valence-corrected chi connectivity index (χ3v) is 4.56. The van der Waals surface area contributed by atoms with E-state index in [1.165, 1.54) is 12.1 Å².